The van der Waals surface area contributed by atoms with Crippen LogP contribution < -0.4 is 5.32 Å². The van der Waals surface area contributed by atoms with E-state index >= 15 is 0 Å². The highest BCUT2D eigenvalue weighted by Gasteiger charge is 2.31. The second-order valence-electron chi connectivity index (χ2n) is 5.77. The molecule has 0 amide bonds. The Morgan fingerprint density at radius 2 is 2.15 bits per heavy atom. The zero-order chi connectivity index (χ0) is 14.4. The van der Waals surface area contributed by atoms with E-state index in [1.54, 1.807) is 6.33 Å². The van der Waals surface area contributed by atoms with Gasteiger partial charge in [0, 0.05) is 26.6 Å². The predicted octanol–water partition coefficient (Wildman–Crippen LogP) is 1.93. The fourth-order valence-electron chi connectivity index (χ4n) is 3.42. The summed E-state index contributed by atoms with van der Waals surface area (Å²) >= 11 is 0. The topological polar surface area (TPSA) is 52.0 Å². The monoisotopic (exact) mass is 280 g/mol. The lowest BCUT2D eigenvalue weighted by Crippen LogP contribution is -2.47. The van der Waals surface area contributed by atoms with E-state index in [0.29, 0.717) is 12.0 Å². The van der Waals surface area contributed by atoms with Crippen LogP contribution in [-0.2, 0) is 18.2 Å². The highest BCUT2D eigenvalue weighted by atomic mass is 16.5. The molecule has 1 heterocycles. The molecule has 1 aliphatic carbocycles. The summed E-state index contributed by atoms with van der Waals surface area (Å²) in [6.07, 6.45) is 9.41. The van der Waals surface area contributed by atoms with E-state index in [-0.39, 0.29) is 6.10 Å². The van der Waals surface area contributed by atoms with Gasteiger partial charge in [0.1, 0.15) is 12.2 Å². The van der Waals surface area contributed by atoms with Gasteiger partial charge in [0.15, 0.2) is 0 Å². The molecule has 2 atom stereocenters. The molecule has 2 unspecified atom stereocenters. The maximum Gasteiger partial charge on any atom is 0.138 e. The molecule has 0 radical (unpaired) electrons. The summed E-state index contributed by atoms with van der Waals surface area (Å²) in [6, 6.07) is 0.316. The van der Waals surface area contributed by atoms with E-state index < -0.39 is 0 Å². The Morgan fingerprint density at radius 3 is 2.70 bits per heavy atom. The highest BCUT2D eigenvalue weighted by molar-refractivity contribution is 4.94. The summed E-state index contributed by atoms with van der Waals surface area (Å²) in [7, 11) is 3.80. The van der Waals surface area contributed by atoms with Crippen molar-refractivity contribution in [3.63, 3.8) is 0 Å². The Kier molecular flexibility index (Phi) is 5.98. The van der Waals surface area contributed by atoms with Gasteiger partial charge in [0.25, 0.3) is 0 Å². The number of likely N-dealkylation sites (N-methyl/N-ethyl adjacent to an activating group) is 1. The van der Waals surface area contributed by atoms with Crippen molar-refractivity contribution in [1.82, 2.24) is 20.1 Å². The fraction of sp³-hybridized carbons (Fsp3) is 0.867. The van der Waals surface area contributed by atoms with E-state index in [4.69, 9.17) is 4.74 Å². The zero-order valence-corrected chi connectivity index (χ0v) is 13.0. The molecule has 1 saturated carbocycles. The molecule has 20 heavy (non-hydrogen) atoms. The first-order chi connectivity index (χ1) is 9.76. The van der Waals surface area contributed by atoms with Crippen molar-refractivity contribution in [2.24, 2.45) is 13.0 Å². The van der Waals surface area contributed by atoms with Crippen LogP contribution in [0.5, 0.6) is 0 Å². The van der Waals surface area contributed by atoms with E-state index in [9.17, 15) is 0 Å². The molecule has 1 fully saturated rings. The molecule has 0 aliphatic heterocycles. The lowest BCUT2D eigenvalue weighted by Gasteiger charge is -2.35. The van der Waals surface area contributed by atoms with E-state index in [1.807, 2.05) is 18.8 Å². The van der Waals surface area contributed by atoms with Crippen molar-refractivity contribution in [2.75, 3.05) is 13.7 Å². The third-order valence-corrected chi connectivity index (χ3v) is 4.46. The van der Waals surface area contributed by atoms with Gasteiger partial charge in [0.05, 0.1) is 6.10 Å². The van der Waals surface area contributed by atoms with Crippen LogP contribution in [0.25, 0.3) is 0 Å². The second kappa shape index (κ2) is 7.74. The van der Waals surface area contributed by atoms with E-state index in [1.165, 1.54) is 32.1 Å². The normalized spacial score (nSPS) is 19.9. The van der Waals surface area contributed by atoms with Gasteiger partial charge in [-0.25, -0.2) is 4.98 Å². The number of rotatable bonds is 7. The van der Waals surface area contributed by atoms with Crippen LogP contribution in [0.3, 0.4) is 0 Å². The second-order valence-corrected chi connectivity index (χ2v) is 5.77. The number of aryl methyl sites for hydroxylation is 1. The first kappa shape index (κ1) is 15.4. The molecule has 1 aromatic heterocycles. The molecule has 1 N–H and O–H groups in total. The van der Waals surface area contributed by atoms with Gasteiger partial charge >= 0.3 is 0 Å². The van der Waals surface area contributed by atoms with Crippen LogP contribution >= 0.6 is 0 Å². The van der Waals surface area contributed by atoms with Crippen LogP contribution in [0.15, 0.2) is 6.33 Å². The van der Waals surface area contributed by atoms with Gasteiger partial charge in [-0.05, 0) is 25.3 Å². The van der Waals surface area contributed by atoms with E-state index in [0.717, 1.165) is 18.8 Å². The van der Waals surface area contributed by atoms with Gasteiger partial charge in [0.2, 0.25) is 0 Å². The lowest BCUT2D eigenvalue weighted by atomic mass is 9.81. The zero-order valence-electron chi connectivity index (χ0n) is 13.0. The summed E-state index contributed by atoms with van der Waals surface area (Å²) in [5.41, 5.74) is 0. The third kappa shape index (κ3) is 3.79. The highest BCUT2D eigenvalue weighted by Crippen LogP contribution is 2.30. The van der Waals surface area contributed by atoms with E-state index in [2.05, 4.69) is 22.3 Å². The van der Waals surface area contributed by atoms with Gasteiger partial charge in [-0.1, -0.05) is 26.2 Å². The first-order valence-corrected chi connectivity index (χ1v) is 7.85. The Balaban J connectivity index is 2.06. The lowest BCUT2D eigenvalue weighted by molar-refractivity contribution is 0.00804. The molecule has 5 heteroatoms. The molecule has 114 valence electrons. The van der Waals surface area contributed by atoms with Gasteiger partial charge in [-0.2, -0.15) is 5.10 Å². The summed E-state index contributed by atoms with van der Waals surface area (Å²) < 4.78 is 7.73. The smallest absolute Gasteiger partial charge is 0.138 e. The maximum atomic E-state index is 5.87. The quantitative estimate of drug-likeness (QED) is 0.829. The Hall–Kier alpha value is -0.940. The molecule has 5 nitrogen and oxygen atoms in total. The molecule has 0 bridgehead atoms. The minimum absolute atomic E-state index is 0.270. The molecule has 0 saturated heterocycles. The van der Waals surface area contributed by atoms with Crippen molar-refractivity contribution in [3.8, 4) is 0 Å². The number of hydrogen-bond donors (Lipinski definition) is 1. The van der Waals surface area contributed by atoms with Crippen LogP contribution in [0.4, 0.5) is 0 Å². The standard InChI is InChI=1S/C15H28N4O/c1-4-16-13(10-14-17-11-18-19(14)2)15(20-3)12-8-6-5-7-9-12/h11-13,15-16H,4-10H2,1-3H3. The average molecular weight is 280 g/mol. The van der Waals surface area contributed by atoms with Crippen LogP contribution in [0.2, 0.25) is 0 Å². The van der Waals surface area contributed by atoms with Crippen molar-refractivity contribution < 1.29 is 4.74 Å². The number of nitrogens with zero attached hydrogens (tertiary/aromatic N) is 3. The van der Waals surface area contributed by atoms with Crippen LogP contribution in [0.1, 0.15) is 44.9 Å². The average Bonchev–Trinajstić information content (AvgIpc) is 2.86. The minimum atomic E-state index is 0.270. The number of nitrogens with one attached hydrogen (secondary N) is 1. The molecular weight excluding hydrogens is 252 g/mol. The number of hydrogen-bond acceptors (Lipinski definition) is 4. The molecule has 1 aliphatic rings. The largest absolute Gasteiger partial charge is 0.380 e. The summed E-state index contributed by atoms with van der Waals surface area (Å²) in [5.74, 6) is 1.69. The maximum absolute atomic E-state index is 5.87. The summed E-state index contributed by atoms with van der Waals surface area (Å²) in [5, 5.41) is 7.75. The summed E-state index contributed by atoms with van der Waals surface area (Å²) in [6.45, 7) is 3.10. The van der Waals surface area contributed by atoms with Crippen molar-refractivity contribution in [2.45, 2.75) is 57.6 Å². The Bertz CT molecular complexity index is 387. The third-order valence-electron chi connectivity index (χ3n) is 4.46. The first-order valence-electron chi connectivity index (χ1n) is 7.85. The van der Waals surface area contributed by atoms with Crippen LogP contribution in [0, 0.1) is 5.92 Å². The van der Waals surface area contributed by atoms with Gasteiger partial charge < -0.3 is 10.1 Å². The van der Waals surface area contributed by atoms with Crippen LogP contribution in [-0.4, -0.2) is 40.6 Å². The molecule has 1 aromatic rings. The Labute approximate surface area is 122 Å². The molecule has 0 spiro atoms. The Morgan fingerprint density at radius 1 is 1.40 bits per heavy atom. The minimum Gasteiger partial charge on any atom is -0.380 e. The van der Waals surface area contributed by atoms with Crippen molar-refractivity contribution in [1.29, 1.82) is 0 Å². The number of aromatic nitrogens is 3. The van der Waals surface area contributed by atoms with Crippen molar-refractivity contribution in [3.05, 3.63) is 12.2 Å². The molecular formula is C15H28N4O. The number of methoxy groups -OCH3 is 1. The SMILES string of the molecule is CCNC(Cc1ncnn1C)C(OC)C1CCCCC1. The van der Waals surface area contributed by atoms with Crippen molar-refractivity contribution >= 4 is 0 Å². The summed E-state index contributed by atoms with van der Waals surface area (Å²) in [4.78, 5) is 4.36. The number of ether oxygens (including phenoxy) is 1. The fourth-order valence-corrected chi connectivity index (χ4v) is 3.42. The molecule has 0 aromatic carbocycles. The molecule has 2 rings (SSSR count). The predicted molar refractivity (Wildman–Crippen MR) is 79.5 cm³/mol. The van der Waals surface area contributed by atoms with Gasteiger partial charge in [-0.3, -0.25) is 4.68 Å². The van der Waals surface area contributed by atoms with Gasteiger partial charge in [-0.15, -0.1) is 0 Å².